The van der Waals surface area contributed by atoms with Crippen LogP contribution in [0.4, 0.5) is 0 Å². The van der Waals surface area contributed by atoms with Crippen LogP contribution in [0.1, 0.15) is 24.0 Å². The van der Waals surface area contributed by atoms with E-state index in [1.807, 2.05) is 24.3 Å². The van der Waals surface area contributed by atoms with Crippen molar-refractivity contribution in [1.29, 1.82) is 0 Å². The van der Waals surface area contributed by atoms with Gasteiger partial charge in [0.1, 0.15) is 6.61 Å². The van der Waals surface area contributed by atoms with E-state index in [9.17, 15) is 8.42 Å². The fourth-order valence-corrected chi connectivity index (χ4v) is 2.89. The first-order chi connectivity index (χ1) is 9.51. The molecule has 0 unspecified atom stereocenters. The Bertz CT molecular complexity index is 627. The van der Waals surface area contributed by atoms with Crippen molar-refractivity contribution in [1.82, 2.24) is 9.03 Å². The molecule has 1 aliphatic carbocycles. The lowest BCUT2D eigenvalue weighted by Gasteiger charge is -2.17. The second-order valence-corrected chi connectivity index (χ2v) is 6.62. The maximum absolute atomic E-state index is 12.0. The zero-order chi connectivity index (χ0) is 14.6. The van der Waals surface area contributed by atoms with E-state index in [1.54, 1.807) is 7.05 Å². The molecule has 5 nitrogen and oxygen atoms in total. The van der Waals surface area contributed by atoms with Gasteiger partial charge in [0.15, 0.2) is 0 Å². The van der Waals surface area contributed by atoms with E-state index in [-0.39, 0.29) is 19.2 Å². The molecule has 0 bridgehead atoms. The zero-order valence-corrected chi connectivity index (χ0v) is 12.2. The van der Waals surface area contributed by atoms with Crippen molar-refractivity contribution < 1.29 is 13.5 Å². The van der Waals surface area contributed by atoms with Gasteiger partial charge in [-0.2, -0.15) is 17.4 Å². The van der Waals surface area contributed by atoms with E-state index in [0.29, 0.717) is 0 Å². The Morgan fingerprint density at radius 2 is 2.20 bits per heavy atom. The van der Waals surface area contributed by atoms with Crippen LogP contribution in [0.2, 0.25) is 0 Å². The number of hydrogen-bond donors (Lipinski definition) is 2. The summed E-state index contributed by atoms with van der Waals surface area (Å²) in [7, 11) is -1.87. The van der Waals surface area contributed by atoms with E-state index in [2.05, 4.69) is 16.6 Å². The molecule has 0 saturated heterocycles. The smallest absolute Gasteiger partial charge is 0.279 e. The van der Waals surface area contributed by atoms with E-state index >= 15 is 0 Å². The van der Waals surface area contributed by atoms with Gasteiger partial charge in [0.25, 0.3) is 10.2 Å². The first-order valence-corrected chi connectivity index (χ1v) is 7.87. The van der Waals surface area contributed by atoms with Crippen LogP contribution >= 0.6 is 0 Å². The number of benzene rings is 1. The highest BCUT2D eigenvalue weighted by Gasteiger charge is 2.29. The molecule has 108 valence electrons. The van der Waals surface area contributed by atoms with Crippen molar-refractivity contribution in [3.63, 3.8) is 0 Å². The minimum absolute atomic E-state index is 0.101. The van der Waals surface area contributed by atoms with E-state index in [4.69, 9.17) is 5.11 Å². The lowest BCUT2D eigenvalue weighted by atomic mass is 10.1. The summed E-state index contributed by atoms with van der Waals surface area (Å²) in [6.07, 6.45) is 1.83. The third-order valence-electron chi connectivity index (χ3n) is 2.95. The molecular weight excluding hydrogens is 276 g/mol. The first kappa shape index (κ1) is 15.0. The van der Waals surface area contributed by atoms with Gasteiger partial charge >= 0.3 is 0 Å². The van der Waals surface area contributed by atoms with E-state index in [0.717, 1.165) is 24.0 Å². The summed E-state index contributed by atoms with van der Waals surface area (Å²) in [5.41, 5.74) is 1.62. The summed E-state index contributed by atoms with van der Waals surface area (Å²) >= 11 is 0. The second kappa shape index (κ2) is 6.37. The molecule has 1 fully saturated rings. The fourth-order valence-electron chi connectivity index (χ4n) is 1.73. The highest BCUT2D eigenvalue weighted by atomic mass is 32.2. The molecule has 1 aromatic rings. The summed E-state index contributed by atoms with van der Waals surface area (Å²) in [6.45, 7) is 0.0977. The lowest BCUT2D eigenvalue weighted by molar-refractivity contribution is 0.350. The van der Waals surface area contributed by atoms with Gasteiger partial charge in [-0.1, -0.05) is 24.0 Å². The molecule has 0 spiro atoms. The van der Waals surface area contributed by atoms with Gasteiger partial charge < -0.3 is 5.11 Å². The molecule has 1 aromatic carbocycles. The molecule has 2 rings (SSSR count). The molecule has 0 amide bonds. The Hall–Kier alpha value is -1.39. The normalized spacial score (nSPS) is 14.9. The number of hydrogen-bond acceptors (Lipinski definition) is 3. The summed E-state index contributed by atoms with van der Waals surface area (Å²) in [4.78, 5) is 0. The van der Waals surface area contributed by atoms with Crippen molar-refractivity contribution in [2.75, 3.05) is 13.7 Å². The van der Waals surface area contributed by atoms with Gasteiger partial charge in [0.05, 0.1) is 0 Å². The Kier molecular flexibility index (Phi) is 4.78. The number of nitrogens with one attached hydrogen (secondary N) is 1. The monoisotopic (exact) mass is 294 g/mol. The molecule has 0 atom stereocenters. The summed E-state index contributed by atoms with van der Waals surface area (Å²) in [6, 6.07) is 7.43. The highest BCUT2D eigenvalue weighted by molar-refractivity contribution is 7.87. The van der Waals surface area contributed by atoms with Gasteiger partial charge in [-0.3, -0.25) is 0 Å². The predicted octanol–water partition coefficient (Wildman–Crippen LogP) is 0.459. The molecule has 1 aliphatic rings. The van der Waals surface area contributed by atoms with Gasteiger partial charge in [0.2, 0.25) is 0 Å². The van der Waals surface area contributed by atoms with Crippen LogP contribution in [-0.2, 0) is 16.8 Å². The van der Waals surface area contributed by atoms with Gasteiger partial charge in [-0.15, -0.1) is 0 Å². The Labute approximate surface area is 119 Å². The number of aliphatic hydroxyl groups excluding tert-OH is 1. The molecule has 20 heavy (non-hydrogen) atoms. The van der Waals surface area contributed by atoms with Crippen molar-refractivity contribution >= 4 is 10.2 Å². The maximum atomic E-state index is 12.0. The largest absolute Gasteiger partial charge is 0.384 e. The van der Waals surface area contributed by atoms with Crippen molar-refractivity contribution in [3.8, 4) is 11.8 Å². The maximum Gasteiger partial charge on any atom is 0.279 e. The van der Waals surface area contributed by atoms with Crippen LogP contribution in [0.25, 0.3) is 0 Å². The minimum atomic E-state index is -3.42. The first-order valence-electron chi connectivity index (χ1n) is 6.43. The van der Waals surface area contributed by atoms with Crippen LogP contribution in [-0.4, -0.2) is 37.5 Å². The van der Waals surface area contributed by atoms with Gasteiger partial charge in [-0.25, -0.2) is 0 Å². The van der Waals surface area contributed by atoms with Crippen molar-refractivity contribution in [3.05, 3.63) is 35.4 Å². The summed E-state index contributed by atoms with van der Waals surface area (Å²) in [5, 5.41) is 8.67. The van der Waals surface area contributed by atoms with Crippen molar-refractivity contribution in [2.45, 2.75) is 25.4 Å². The number of aliphatic hydroxyl groups is 1. The predicted molar refractivity (Wildman–Crippen MR) is 77.0 cm³/mol. The molecule has 2 N–H and O–H groups in total. The molecule has 0 radical (unpaired) electrons. The zero-order valence-electron chi connectivity index (χ0n) is 11.3. The van der Waals surface area contributed by atoms with E-state index < -0.39 is 10.2 Å². The molecule has 6 heteroatoms. The lowest BCUT2D eigenvalue weighted by Crippen LogP contribution is -2.38. The number of nitrogens with zero attached hydrogens (tertiary/aromatic N) is 1. The summed E-state index contributed by atoms with van der Waals surface area (Å²) in [5.74, 6) is 5.38. The summed E-state index contributed by atoms with van der Waals surface area (Å²) < 4.78 is 27.9. The van der Waals surface area contributed by atoms with Gasteiger partial charge in [0, 0.05) is 25.2 Å². The number of rotatable bonds is 5. The van der Waals surface area contributed by atoms with Crippen LogP contribution < -0.4 is 4.72 Å². The molecular formula is C14H18N2O3S. The average molecular weight is 294 g/mol. The van der Waals surface area contributed by atoms with Crippen LogP contribution in [0.15, 0.2) is 24.3 Å². The average Bonchev–Trinajstić information content (AvgIpc) is 3.20. The third-order valence-corrected chi connectivity index (χ3v) is 4.53. The minimum Gasteiger partial charge on any atom is -0.384 e. The Balaban J connectivity index is 2.05. The second-order valence-electron chi connectivity index (χ2n) is 4.81. The SMILES string of the molecule is CN(Cc1cccc(C#CCO)c1)S(=O)(=O)NC1CC1. The van der Waals surface area contributed by atoms with Gasteiger partial charge in [-0.05, 0) is 30.5 Å². The van der Waals surface area contributed by atoms with Crippen LogP contribution in [0, 0.1) is 11.8 Å². The standard InChI is InChI=1S/C14H18N2O3S/c1-16(20(18,19)15-14-7-8-14)11-13-5-2-4-12(10-13)6-3-9-17/h2,4-5,10,14-15,17H,7-9,11H2,1H3. The van der Waals surface area contributed by atoms with Crippen molar-refractivity contribution in [2.24, 2.45) is 0 Å². The quantitative estimate of drug-likeness (QED) is 0.775. The van der Waals surface area contributed by atoms with Crippen LogP contribution in [0.5, 0.6) is 0 Å². The molecule has 1 saturated carbocycles. The topological polar surface area (TPSA) is 69.6 Å². The Morgan fingerprint density at radius 1 is 1.45 bits per heavy atom. The fraction of sp³-hybridized carbons (Fsp3) is 0.429. The van der Waals surface area contributed by atoms with E-state index in [1.165, 1.54) is 4.31 Å². The molecule has 0 aromatic heterocycles. The molecule has 0 heterocycles. The molecule has 0 aliphatic heterocycles. The highest BCUT2D eigenvalue weighted by Crippen LogP contribution is 2.20. The van der Waals surface area contributed by atoms with Crippen LogP contribution in [0.3, 0.4) is 0 Å². The third kappa shape index (κ3) is 4.32. The Morgan fingerprint density at radius 3 is 2.85 bits per heavy atom.